The second kappa shape index (κ2) is 9.26. The molecule has 0 unspecified atom stereocenters. The summed E-state index contributed by atoms with van der Waals surface area (Å²) in [5.74, 6) is 0.862. The number of ether oxygens (including phenoxy) is 1. The maximum atomic E-state index is 11.6. The van der Waals surface area contributed by atoms with Gasteiger partial charge < -0.3 is 4.74 Å². The van der Waals surface area contributed by atoms with Crippen molar-refractivity contribution in [3.05, 3.63) is 11.8 Å². The summed E-state index contributed by atoms with van der Waals surface area (Å²) in [4.78, 5) is 11.6. The fourth-order valence-corrected chi connectivity index (χ4v) is 2.20. The molecule has 2 heteroatoms. The van der Waals surface area contributed by atoms with Crippen LogP contribution in [0.5, 0.6) is 0 Å². The van der Waals surface area contributed by atoms with E-state index >= 15 is 0 Å². The molecule has 0 saturated heterocycles. The molecule has 0 bridgehead atoms. The van der Waals surface area contributed by atoms with Crippen molar-refractivity contribution in [1.29, 1.82) is 0 Å². The van der Waals surface area contributed by atoms with Gasteiger partial charge >= 0.3 is 5.97 Å². The molecule has 0 aromatic rings. The van der Waals surface area contributed by atoms with Gasteiger partial charge in [0.1, 0.15) is 5.76 Å². The number of cyclic esters (lactones) is 1. The monoisotopic (exact) mass is 238 g/mol. The highest BCUT2D eigenvalue weighted by molar-refractivity contribution is 5.70. The smallest absolute Gasteiger partial charge is 0.310 e. The predicted octanol–water partition coefficient (Wildman–Crippen LogP) is 4.74. The SMILES string of the molecule is CCC/C1=C/CCCCCCCCCC(=O)O1. The van der Waals surface area contributed by atoms with Crippen molar-refractivity contribution >= 4 is 5.97 Å². The van der Waals surface area contributed by atoms with Crippen molar-refractivity contribution < 1.29 is 9.53 Å². The van der Waals surface area contributed by atoms with E-state index in [1.807, 2.05) is 0 Å². The van der Waals surface area contributed by atoms with Crippen LogP contribution in [0.25, 0.3) is 0 Å². The van der Waals surface area contributed by atoms with Crippen molar-refractivity contribution in [3.8, 4) is 0 Å². The molecule has 0 atom stereocenters. The standard InChI is InChI=1S/C15H26O2/c1-2-11-14-12-9-7-5-3-4-6-8-10-13-15(16)17-14/h12H,2-11,13H2,1H3/b14-12-. The Kier molecular flexibility index (Phi) is 7.78. The van der Waals surface area contributed by atoms with E-state index in [0.29, 0.717) is 6.42 Å². The van der Waals surface area contributed by atoms with Gasteiger partial charge in [-0.05, 0) is 31.8 Å². The van der Waals surface area contributed by atoms with Crippen LogP contribution in [0.4, 0.5) is 0 Å². The van der Waals surface area contributed by atoms with Crippen molar-refractivity contribution in [2.75, 3.05) is 0 Å². The molecule has 0 aliphatic carbocycles. The molecule has 1 heterocycles. The van der Waals surface area contributed by atoms with Crippen LogP contribution in [0.3, 0.4) is 0 Å². The van der Waals surface area contributed by atoms with Gasteiger partial charge in [0.2, 0.25) is 0 Å². The predicted molar refractivity (Wildman–Crippen MR) is 70.6 cm³/mol. The first-order valence-electron chi connectivity index (χ1n) is 7.22. The van der Waals surface area contributed by atoms with Gasteiger partial charge in [-0.25, -0.2) is 0 Å². The molecule has 17 heavy (non-hydrogen) atoms. The second-order valence-electron chi connectivity index (χ2n) is 4.91. The van der Waals surface area contributed by atoms with E-state index in [1.54, 1.807) is 0 Å². The third-order valence-electron chi connectivity index (χ3n) is 3.20. The van der Waals surface area contributed by atoms with E-state index in [1.165, 1.54) is 38.5 Å². The van der Waals surface area contributed by atoms with Crippen molar-refractivity contribution in [3.63, 3.8) is 0 Å². The molecule has 0 aromatic heterocycles. The third-order valence-corrected chi connectivity index (χ3v) is 3.20. The van der Waals surface area contributed by atoms with Gasteiger partial charge in [-0.3, -0.25) is 4.79 Å². The van der Waals surface area contributed by atoms with E-state index in [-0.39, 0.29) is 5.97 Å². The number of allylic oxidation sites excluding steroid dienone is 2. The average molecular weight is 238 g/mol. The Morgan fingerprint density at radius 1 is 1.06 bits per heavy atom. The molecule has 98 valence electrons. The number of carbonyl (C=O) groups excluding carboxylic acids is 1. The first kappa shape index (κ1) is 14.3. The minimum Gasteiger partial charge on any atom is -0.431 e. The molecule has 0 fully saturated rings. The molecule has 0 saturated carbocycles. The van der Waals surface area contributed by atoms with Gasteiger partial charge in [0.25, 0.3) is 0 Å². The lowest BCUT2D eigenvalue weighted by Crippen LogP contribution is -2.04. The van der Waals surface area contributed by atoms with Gasteiger partial charge in [-0.2, -0.15) is 0 Å². The Labute approximate surface area is 105 Å². The molecule has 0 radical (unpaired) electrons. The number of hydrogen-bond acceptors (Lipinski definition) is 2. The molecule has 0 aromatic carbocycles. The molecule has 1 aliphatic heterocycles. The molecule has 0 spiro atoms. The summed E-state index contributed by atoms with van der Waals surface area (Å²) in [6, 6.07) is 0. The summed E-state index contributed by atoms with van der Waals surface area (Å²) < 4.78 is 5.43. The first-order chi connectivity index (χ1) is 8.33. The topological polar surface area (TPSA) is 26.3 Å². The summed E-state index contributed by atoms with van der Waals surface area (Å²) in [7, 11) is 0. The Morgan fingerprint density at radius 2 is 1.71 bits per heavy atom. The lowest BCUT2D eigenvalue weighted by Gasteiger charge is -2.07. The van der Waals surface area contributed by atoms with Crippen LogP contribution in [0.1, 0.15) is 77.6 Å². The number of hydrogen-bond donors (Lipinski definition) is 0. The van der Waals surface area contributed by atoms with E-state index in [0.717, 1.165) is 31.4 Å². The third kappa shape index (κ3) is 7.19. The Hall–Kier alpha value is -0.790. The van der Waals surface area contributed by atoms with Crippen molar-refractivity contribution in [2.24, 2.45) is 0 Å². The van der Waals surface area contributed by atoms with Gasteiger partial charge in [-0.1, -0.05) is 39.0 Å². The molecule has 2 nitrogen and oxygen atoms in total. The lowest BCUT2D eigenvalue weighted by atomic mass is 10.1. The average Bonchev–Trinajstić information content (AvgIpc) is 2.32. The summed E-state index contributed by atoms with van der Waals surface area (Å²) in [6.07, 6.45) is 14.3. The largest absolute Gasteiger partial charge is 0.431 e. The van der Waals surface area contributed by atoms with Crippen LogP contribution in [0.15, 0.2) is 11.8 Å². The lowest BCUT2D eigenvalue weighted by molar-refractivity contribution is -0.139. The highest BCUT2D eigenvalue weighted by Gasteiger charge is 2.07. The zero-order valence-electron chi connectivity index (χ0n) is 11.2. The van der Waals surface area contributed by atoms with Gasteiger partial charge in [0.05, 0.1) is 0 Å². The van der Waals surface area contributed by atoms with Crippen LogP contribution in [-0.4, -0.2) is 5.97 Å². The summed E-state index contributed by atoms with van der Waals surface area (Å²) >= 11 is 0. The quantitative estimate of drug-likeness (QED) is 0.650. The van der Waals surface area contributed by atoms with Gasteiger partial charge in [-0.15, -0.1) is 0 Å². The fourth-order valence-electron chi connectivity index (χ4n) is 2.20. The van der Waals surface area contributed by atoms with Crippen molar-refractivity contribution in [1.82, 2.24) is 0 Å². The summed E-state index contributed by atoms with van der Waals surface area (Å²) in [5, 5.41) is 0. The summed E-state index contributed by atoms with van der Waals surface area (Å²) in [6.45, 7) is 2.12. The maximum absolute atomic E-state index is 11.6. The van der Waals surface area contributed by atoms with Crippen LogP contribution >= 0.6 is 0 Å². The van der Waals surface area contributed by atoms with Crippen LogP contribution in [-0.2, 0) is 9.53 Å². The van der Waals surface area contributed by atoms with Crippen LogP contribution in [0, 0.1) is 0 Å². The van der Waals surface area contributed by atoms with Gasteiger partial charge in [0.15, 0.2) is 0 Å². The Bertz CT molecular complexity index is 243. The fraction of sp³-hybridized carbons (Fsp3) is 0.800. The molecule has 1 aliphatic rings. The maximum Gasteiger partial charge on any atom is 0.310 e. The second-order valence-corrected chi connectivity index (χ2v) is 4.91. The molecular formula is C15H26O2. The zero-order valence-corrected chi connectivity index (χ0v) is 11.2. The van der Waals surface area contributed by atoms with E-state index in [4.69, 9.17) is 4.74 Å². The number of carbonyl (C=O) groups is 1. The Balaban J connectivity index is 2.46. The first-order valence-corrected chi connectivity index (χ1v) is 7.22. The van der Waals surface area contributed by atoms with Crippen LogP contribution in [0.2, 0.25) is 0 Å². The molecular weight excluding hydrogens is 212 g/mol. The minimum atomic E-state index is -0.0380. The minimum absolute atomic E-state index is 0.0380. The van der Waals surface area contributed by atoms with E-state index in [2.05, 4.69) is 13.0 Å². The molecule has 0 amide bonds. The van der Waals surface area contributed by atoms with Crippen LogP contribution < -0.4 is 0 Å². The highest BCUT2D eigenvalue weighted by atomic mass is 16.5. The van der Waals surface area contributed by atoms with E-state index < -0.39 is 0 Å². The van der Waals surface area contributed by atoms with E-state index in [9.17, 15) is 4.79 Å². The Morgan fingerprint density at radius 3 is 2.41 bits per heavy atom. The summed E-state index contributed by atoms with van der Waals surface area (Å²) in [5.41, 5.74) is 0. The zero-order chi connectivity index (χ0) is 12.3. The number of esters is 1. The molecule has 1 rings (SSSR count). The van der Waals surface area contributed by atoms with Gasteiger partial charge in [0, 0.05) is 12.8 Å². The van der Waals surface area contributed by atoms with Crippen molar-refractivity contribution in [2.45, 2.75) is 77.6 Å². The molecule has 0 N–H and O–H groups in total. The highest BCUT2D eigenvalue weighted by Crippen LogP contribution is 2.16. The normalized spacial score (nSPS) is 23.6. The number of rotatable bonds is 2.